The highest BCUT2D eigenvalue weighted by Crippen LogP contribution is 2.31. The molecule has 3 nitrogen and oxygen atoms in total. The van der Waals surface area contributed by atoms with E-state index in [1.54, 1.807) is 0 Å². The SMILES string of the molecule is Cc1ccccc1N(CCCN)CC1CCC(C)(C)O1. The Kier molecular flexibility index (Phi) is 5.06. The lowest BCUT2D eigenvalue weighted by atomic mass is 10.1. The lowest BCUT2D eigenvalue weighted by molar-refractivity contribution is -0.0115. The maximum Gasteiger partial charge on any atom is 0.0758 e. The number of ether oxygens (including phenoxy) is 1. The van der Waals surface area contributed by atoms with Crippen LogP contribution in [-0.2, 0) is 4.74 Å². The molecule has 1 atom stereocenters. The fourth-order valence-electron chi connectivity index (χ4n) is 2.96. The van der Waals surface area contributed by atoms with Gasteiger partial charge in [0.1, 0.15) is 0 Å². The summed E-state index contributed by atoms with van der Waals surface area (Å²) >= 11 is 0. The van der Waals surface area contributed by atoms with Crippen molar-refractivity contribution in [1.29, 1.82) is 0 Å². The molecule has 1 unspecified atom stereocenters. The average molecular weight is 276 g/mol. The summed E-state index contributed by atoms with van der Waals surface area (Å²) in [5, 5.41) is 0. The number of hydrogen-bond donors (Lipinski definition) is 1. The van der Waals surface area contributed by atoms with Gasteiger partial charge in [-0.05, 0) is 58.2 Å². The van der Waals surface area contributed by atoms with Gasteiger partial charge in [0.25, 0.3) is 0 Å². The minimum absolute atomic E-state index is 0.0376. The van der Waals surface area contributed by atoms with E-state index >= 15 is 0 Å². The van der Waals surface area contributed by atoms with Crippen molar-refractivity contribution in [1.82, 2.24) is 0 Å². The second-order valence-electron chi connectivity index (χ2n) is 6.41. The highest BCUT2D eigenvalue weighted by atomic mass is 16.5. The first kappa shape index (κ1) is 15.3. The number of anilines is 1. The smallest absolute Gasteiger partial charge is 0.0758 e. The summed E-state index contributed by atoms with van der Waals surface area (Å²) in [5.41, 5.74) is 8.36. The van der Waals surface area contributed by atoms with Crippen LogP contribution in [0, 0.1) is 6.92 Å². The molecule has 112 valence electrons. The highest BCUT2D eigenvalue weighted by Gasteiger charge is 2.32. The molecule has 3 heteroatoms. The van der Waals surface area contributed by atoms with Crippen molar-refractivity contribution in [2.75, 3.05) is 24.5 Å². The largest absolute Gasteiger partial charge is 0.371 e. The second kappa shape index (κ2) is 6.59. The number of para-hydroxylation sites is 1. The summed E-state index contributed by atoms with van der Waals surface area (Å²) in [7, 11) is 0. The van der Waals surface area contributed by atoms with Gasteiger partial charge in [-0.25, -0.2) is 0 Å². The van der Waals surface area contributed by atoms with Gasteiger partial charge in [-0.3, -0.25) is 0 Å². The molecule has 0 radical (unpaired) electrons. The number of nitrogens with two attached hydrogens (primary N) is 1. The molecule has 2 N–H and O–H groups in total. The minimum atomic E-state index is 0.0376. The third-order valence-corrected chi connectivity index (χ3v) is 4.07. The van der Waals surface area contributed by atoms with Gasteiger partial charge in [0.05, 0.1) is 11.7 Å². The minimum Gasteiger partial charge on any atom is -0.371 e. The van der Waals surface area contributed by atoms with Crippen molar-refractivity contribution < 1.29 is 4.74 Å². The molecule has 1 aliphatic heterocycles. The number of benzene rings is 1. The molecular formula is C17H28N2O. The lowest BCUT2D eigenvalue weighted by Crippen LogP contribution is -2.35. The van der Waals surface area contributed by atoms with Crippen LogP contribution in [-0.4, -0.2) is 31.3 Å². The lowest BCUT2D eigenvalue weighted by Gasteiger charge is -2.30. The first-order valence-electron chi connectivity index (χ1n) is 7.70. The van der Waals surface area contributed by atoms with Gasteiger partial charge >= 0.3 is 0 Å². The molecule has 0 amide bonds. The fourth-order valence-corrected chi connectivity index (χ4v) is 2.96. The molecule has 0 aliphatic carbocycles. The molecule has 1 saturated heterocycles. The normalized spacial score (nSPS) is 21.1. The van der Waals surface area contributed by atoms with Crippen molar-refractivity contribution in [3.05, 3.63) is 29.8 Å². The van der Waals surface area contributed by atoms with Crippen LogP contribution in [0.3, 0.4) is 0 Å². The van der Waals surface area contributed by atoms with Crippen LogP contribution in [0.2, 0.25) is 0 Å². The van der Waals surface area contributed by atoms with Crippen LogP contribution in [0.15, 0.2) is 24.3 Å². The summed E-state index contributed by atoms with van der Waals surface area (Å²) in [6.07, 6.45) is 3.65. The zero-order valence-corrected chi connectivity index (χ0v) is 13.1. The molecule has 20 heavy (non-hydrogen) atoms. The summed E-state index contributed by atoms with van der Waals surface area (Å²) in [6.45, 7) is 9.25. The van der Waals surface area contributed by atoms with Crippen molar-refractivity contribution >= 4 is 5.69 Å². The molecule has 0 saturated carbocycles. The third-order valence-electron chi connectivity index (χ3n) is 4.07. The number of aryl methyl sites for hydroxylation is 1. The Labute approximate surface area is 123 Å². The van der Waals surface area contributed by atoms with Crippen LogP contribution in [0.1, 0.15) is 38.7 Å². The van der Waals surface area contributed by atoms with Gasteiger partial charge in [0.2, 0.25) is 0 Å². The van der Waals surface area contributed by atoms with Crippen LogP contribution >= 0.6 is 0 Å². The van der Waals surface area contributed by atoms with Gasteiger partial charge in [-0.15, -0.1) is 0 Å². The molecule has 1 aromatic rings. The summed E-state index contributed by atoms with van der Waals surface area (Å²) in [6, 6.07) is 8.57. The molecule has 2 rings (SSSR count). The fraction of sp³-hybridized carbons (Fsp3) is 0.647. The van der Waals surface area contributed by atoms with Crippen molar-refractivity contribution in [3.8, 4) is 0 Å². The Bertz CT molecular complexity index is 431. The number of rotatable bonds is 6. The zero-order valence-electron chi connectivity index (χ0n) is 13.1. The van der Waals surface area contributed by atoms with Crippen molar-refractivity contribution in [3.63, 3.8) is 0 Å². The molecule has 0 bridgehead atoms. The van der Waals surface area contributed by atoms with Gasteiger partial charge in [-0.2, -0.15) is 0 Å². The second-order valence-corrected chi connectivity index (χ2v) is 6.41. The standard InChI is InChI=1S/C17H28N2O/c1-14-7-4-5-8-16(14)19(12-6-11-18)13-15-9-10-17(2,3)20-15/h4-5,7-8,15H,6,9-13,18H2,1-3H3. The summed E-state index contributed by atoms with van der Waals surface area (Å²) in [5.74, 6) is 0. The van der Waals surface area contributed by atoms with E-state index in [1.165, 1.54) is 11.3 Å². The molecule has 0 aromatic heterocycles. The van der Waals surface area contributed by atoms with Crippen molar-refractivity contribution in [2.45, 2.75) is 51.7 Å². The van der Waals surface area contributed by atoms with E-state index in [0.717, 1.165) is 38.9 Å². The average Bonchev–Trinajstić information content (AvgIpc) is 2.75. The first-order valence-corrected chi connectivity index (χ1v) is 7.70. The van der Waals surface area contributed by atoms with E-state index in [2.05, 4.69) is 49.9 Å². The molecule has 1 aliphatic rings. The maximum absolute atomic E-state index is 6.15. The Morgan fingerprint density at radius 3 is 2.70 bits per heavy atom. The number of hydrogen-bond acceptors (Lipinski definition) is 3. The highest BCUT2D eigenvalue weighted by molar-refractivity contribution is 5.53. The summed E-state index contributed by atoms with van der Waals surface area (Å²) < 4.78 is 6.15. The van der Waals surface area contributed by atoms with E-state index in [9.17, 15) is 0 Å². The van der Waals surface area contributed by atoms with Gasteiger partial charge in [-0.1, -0.05) is 18.2 Å². The van der Waals surface area contributed by atoms with Crippen LogP contribution in [0.5, 0.6) is 0 Å². The predicted octanol–water partition coefficient (Wildman–Crippen LogP) is 3.11. The quantitative estimate of drug-likeness (QED) is 0.867. The number of nitrogens with zero attached hydrogens (tertiary/aromatic N) is 1. The molecule has 0 spiro atoms. The van der Waals surface area contributed by atoms with Gasteiger partial charge in [0.15, 0.2) is 0 Å². The Morgan fingerprint density at radius 2 is 2.10 bits per heavy atom. The summed E-state index contributed by atoms with van der Waals surface area (Å²) in [4.78, 5) is 2.44. The predicted molar refractivity (Wildman–Crippen MR) is 85.2 cm³/mol. The van der Waals surface area contributed by atoms with E-state index in [4.69, 9.17) is 10.5 Å². The monoisotopic (exact) mass is 276 g/mol. The topological polar surface area (TPSA) is 38.5 Å². The van der Waals surface area contributed by atoms with E-state index < -0.39 is 0 Å². The van der Waals surface area contributed by atoms with Crippen LogP contribution < -0.4 is 10.6 Å². The Morgan fingerprint density at radius 1 is 1.35 bits per heavy atom. The molecule has 1 heterocycles. The molecule has 1 fully saturated rings. The molecule has 1 aromatic carbocycles. The van der Waals surface area contributed by atoms with E-state index in [-0.39, 0.29) is 5.60 Å². The van der Waals surface area contributed by atoms with Gasteiger partial charge < -0.3 is 15.4 Å². The Hall–Kier alpha value is -1.06. The van der Waals surface area contributed by atoms with Crippen molar-refractivity contribution in [2.24, 2.45) is 5.73 Å². The third kappa shape index (κ3) is 3.97. The van der Waals surface area contributed by atoms with Gasteiger partial charge in [0, 0.05) is 18.8 Å². The maximum atomic E-state index is 6.15. The Balaban J connectivity index is 2.06. The van der Waals surface area contributed by atoms with E-state index in [0.29, 0.717) is 6.10 Å². The van der Waals surface area contributed by atoms with Crippen LogP contribution in [0.4, 0.5) is 5.69 Å². The molecular weight excluding hydrogens is 248 g/mol. The van der Waals surface area contributed by atoms with E-state index in [1.807, 2.05) is 0 Å². The van der Waals surface area contributed by atoms with Crippen LogP contribution in [0.25, 0.3) is 0 Å². The first-order chi connectivity index (χ1) is 9.52. The zero-order chi connectivity index (χ0) is 14.6.